The van der Waals surface area contributed by atoms with E-state index in [1.165, 1.54) is 24.3 Å². The van der Waals surface area contributed by atoms with Crippen LogP contribution < -0.4 is 10.3 Å². The Morgan fingerprint density at radius 3 is 2.83 bits per heavy atom. The van der Waals surface area contributed by atoms with Gasteiger partial charge in [0.1, 0.15) is 22.9 Å². The van der Waals surface area contributed by atoms with E-state index in [1.807, 2.05) is 26.0 Å². The topological polar surface area (TPSA) is 95.5 Å². The molecule has 0 saturated carbocycles. The summed E-state index contributed by atoms with van der Waals surface area (Å²) in [7, 11) is 1.53. The van der Waals surface area contributed by atoms with Crippen LogP contribution in [0.5, 0.6) is 11.5 Å². The number of nitrogens with zero attached hydrogens (tertiary/aromatic N) is 2. The van der Waals surface area contributed by atoms with Gasteiger partial charge in [0.2, 0.25) is 0 Å². The van der Waals surface area contributed by atoms with Crippen molar-refractivity contribution in [1.29, 1.82) is 0 Å². The van der Waals surface area contributed by atoms with E-state index < -0.39 is 17.3 Å². The fourth-order valence-electron chi connectivity index (χ4n) is 4.83. The number of aromatic amines is 1. The molecular weight excluding hydrogens is 485 g/mol. The molecule has 1 aromatic carbocycles. The van der Waals surface area contributed by atoms with Crippen molar-refractivity contribution in [3.8, 4) is 22.6 Å². The van der Waals surface area contributed by atoms with Crippen molar-refractivity contribution in [3.63, 3.8) is 0 Å². The quantitative estimate of drug-likeness (QED) is 0.451. The summed E-state index contributed by atoms with van der Waals surface area (Å²) in [6.45, 7) is 4.38. The number of unbranched alkanes of at least 4 members (excludes halogenated alkanes) is 1. The molecule has 0 spiro atoms. The lowest BCUT2D eigenvalue weighted by Crippen LogP contribution is -2.34. The van der Waals surface area contributed by atoms with Crippen molar-refractivity contribution in [1.82, 2.24) is 14.9 Å². The lowest BCUT2D eigenvalue weighted by molar-refractivity contribution is 0.0785. The molecule has 190 valence electrons. The molecule has 3 aromatic rings. The Morgan fingerprint density at radius 2 is 2.14 bits per heavy atom. The molecule has 36 heavy (non-hydrogen) atoms. The SMILES string of the molecule is CCCCc1[nH]c(=O)c(C(=O)N2CCC(c3ncc(Cl)cc3F)C2)c(O)c1-c1c(C)cccc1OC. The van der Waals surface area contributed by atoms with Gasteiger partial charge in [0, 0.05) is 42.0 Å². The maximum atomic E-state index is 14.4. The number of methoxy groups -OCH3 is 1. The number of hydrogen-bond acceptors (Lipinski definition) is 5. The molecule has 2 N–H and O–H groups in total. The molecule has 3 heterocycles. The van der Waals surface area contributed by atoms with Gasteiger partial charge in [0.05, 0.1) is 17.8 Å². The Balaban J connectivity index is 1.76. The fraction of sp³-hybridized carbons (Fsp3) is 0.370. The van der Waals surface area contributed by atoms with Crippen LogP contribution in [0.25, 0.3) is 11.1 Å². The highest BCUT2D eigenvalue weighted by Gasteiger charge is 2.34. The zero-order valence-electron chi connectivity index (χ0n) is 20.5. The Kier molecular flexibility index (Phi) is 7.64. The first kappa shape index (κ1) is 25.7. The van der Waals surface area contributed by atoms with Crippen LogP contribution in [-0.4, -0.2) is 46.1 Å². The Hall–Kier alpha value is -3.39. The molecule has 1 aliphatic heterocycles. The first-order valence-corrected chi connectivity index (χ1v) is 12.4. The molecule has 0 aliphatic carbocycles. The summed E-state index contributed by atoms with van der Waals surface area (Å²) in [5.41, 5.74) is 1.64. The molecule has 1 amide bonds. The molecule has 4 rings (SSSR count). The van der Waals surface area contributed by atoms with Crippen LogP contribution in [0.2, 0.25) is 5.02 Å². The number of H-pyrrole nitrogens is 1. The monoisotopic (exact) mass is 513 g/mol. The average molecular weight is 514 g/mol. The second kappa shape index (κ2) is 10.7. The number of aromatic hydroxyl groups is 1. The summed E-state index contributed by atoms with van der Waals surface area (Å²) in [6, 6.07) is 6.69. The number of likely N-dealkylation sites (tertiary alicyclic amines) is 1. The van der Waals surface area contributed by atoms with E-state index in [-0.39, 0.29) is 34.5 Å². The molecule has 7 nitrogen and oxygen atoms in total. The number of halogens is 2. The molecule has 1 saturated heterocycles. The van der Waals surface area contributed by atoms with E-state index in [4.69, 9.17) is 16.3 Å². The Morgan fingerprint density at radius 1 is 1.36 bits per heavy atom. The lowest BCUT2D eigenvalue weighted by atomic mass is 9.93. The van der Waals surface area contributed by atoms with E-state index in [0.717, 1.165) is 18.4 Å². The highest BCUT2D eigenvalue weighted by molar-refractivity contribution is 6.30. The molecule has 2 aromatic heterocycles. The van der Waals surface area contributed by atoms with Crippen molar-refractivity contribution in [2.24, 2.45) is 0 Å². The molecule has 9 heteroatoms. The summed E-state index contributed by atoms with van der Waals surface area (Å²) < 4.78 is 20.0. The van der Waals surface area contributed by atoms with Gasteiger partial charge in [-0.05, 0) is 43.9 Å². The molecule has 1 fully saturated rings. The number of benzene rings is 1. The van der Waals surface area contributed by atoms with E-state index in [9.17, 15) is 19.1 Å². The van der Waals surface area contributed by atoms with Crippen LogP contribution in [0, 0.1) is 12.7 Å². The van der Waals surface area contributed by atoms with Gasteiger partial charge < -0.3 is 19.7 Å². The van der Waals surface area contributed by atoms with Crippen molar-refractivity contribution in [2.45, 2.75) is 45.4 Å². The van der Waals surface area contributed by atoms with Gasteiger partial charge in [-0.2, -0.15) is 0 Å². The smallest absolute Gasteiger partial charge is 0.264 e. The van der Waals surface area contributed by atoms with Gasteiger partial charge in [-0.15, -0.1) is 0 Å². The number of hydrogen-bond donors (Lipinski definition) is 2. The molecule has 1 atom stereocenters. The molecular formula is C27H29ClFN3O4. The Labute approximate surface area is 213 Å². The second-order valence-corrected chi connectivity index (χ2v) is 9.48. The minimum atomic E-state index is -0.654. The molecule has 0 bridgehead atoms. The summed E-state index contributed by atoms with van der Waals surface area (Å²) in [4.78, 5) is 35.1. The largest absolute Gasteiger partial charge is 0.506 e. The number of aromatic nitrogens is 2. The number of carbonyl (C=O) groups is 1. The molecule has 0 radical (unpaired) electrons. The fourth-order valence-corrected chi connectivity index (χ4v) is 4.97. The molecule has 1 aliphatic rings. The van der Waals surface area contributed by atoms with Crippen LogP contribution in [-0.2, 0) is 6.42 Å². The van der Waals surface area contributed by atoms with E-state index in [1.54, 1.807) is 6.07 Å². The van der Waals surface area contributed by atoms with Crippen LogP contribution in [0.3, 0.4) is 0 Å². The number of amides is 1. The zero-order valence-corrected chi connectivity index (χ0v) is 21.3. The first-order valence-electron chi connectivity index (χ1n) is 12.0. The predicted octanol–water partition coefficient (Wildman–Crippen LogP) is 5.22. The lowest BCUT2D eigenvalue weighted by Gasteiger charge is -2.21. The van der Waals surface area contributed by atoms with Gasteiger partial charge >= 0.3 is 0 Å². The summed E-state index contributed by atoms with van der Waals surface area (Å²) in [5.74, 6) is -1.33. The van der Waals surface area contributed by atoms with Crippen molar-refractivity contribution < 1.29 is 19.0 Å². The van der Waals surface area contributed by atoms with Crippen LogP contribution in [0.4, 0.5) is 4.39 Å². The Bertz CT molecular complexity index is 1360. The summed E-state index contributed by atoms with van der Waals surface area (Å²) in [6.07, 6.45) is 4.05. The summed E-state index contributed by atoms with van der Waals surface area (Å²) >= 11 is 5.82. The second-order valence-electron chi connectivity index (χ2n) is 9.04. The minimum Gasteiger partial charge on any atom is -0.506 e. The van der Waals surface area contributed by atoms with E-state index >= 15 is 0 Å². The predicted molar refractivity (Wildman–Crippen MR) is 137 cm³/mol. The summed E-state index contributed by atoms with van der Waals surface area (Å²) in [5, 5.41) is 11.6. The number of carbonyl (C=O) groups excluding carboxylic acids is 1. The highest BCUT2D eigenvalue weighted by Crippen LogP contribution is 2.42. The number of aryl methyl sites for hydroxylation is 2. The number of nitrogens with one attached hydrogen (secondary N) is 1. The van der Waals surface area contributed by atoms with Gasteiger partial charge in [-0.1, -0.05) is 37.1 Å². The third-order valence-electron chi connectivity index (χ3n) is 6.66. The third kappa shape index (κ3) is 4.82. The van der Waals surface area contributed by atoms with Crippen LogP contribution in [0.15, 0.2) is 35.3 Å². The van der Waals surface area contributed by atoms with Gasteiger partial charge in [-0.3, -0.25) is 14.6 Å². The molecule has 1 unspecified atom stereocenters. The highest BCUT2D eigenvalue weighted by atomic mass is 35.5. The average Bonchev–Trinajstić information content (AvgIpc) is 3.33. The van der Waals surface area contributed by atoms with E-state index in [0.29, 0.717) is 42.0 Å². The van der Waals surface area contributed by atoms with Gasteiger partial charge in [0.25, 0.3) is 11.5 Å². The van der Waals surface area contributed by atoms with E-state index in [2.05, 4.69) is 9.97 Å². The zero-order chi connectivity index (χ0) is 26.0. The normalized spacial score (nSPS) is 15.4. The first-order chi connectivity index (χ1) is 17.3. The van der Waals surface area contributed by atoms with Crippen molar-refractivity contribution >= 4 is 17.5 Å². The van der Waals surface area contributed by atoms with Gasteiger partial charge in [-0.25, -0.2) is 4.39 Å². The maximum absolute atomic E-state index is 14.4. The third-order valence-corrected chi connectivity index (χ3v) is 6.87. The maximum Gasteiger partial charge on any atom is 0.264 e. The van der Waals surface area contributed by atoms with Gasteiger partial charge in [0.15, 0.2) is 0 Å². The van der Waals surface area contributed by atoms with Crippen LogP contribution >= 0.6 is 11.6 Å². The standard InChI is InChI=1S/C27H29ClFN3O4/c1-4-5-8-19-22(21-15(2)7-6-9-20(21)36-3)25(33)23(26(34)31-19)27(35)32-11-10-16(14-32)24-18(29)12-17(28)13-30-24/h6-7,9,12-13,16H,4-5,8,10-11,14H2,1-3H3,(H2,31,33,34). The van der Waals surface area contributed by atoms with Crippen molar-refractivity contribution in [2.75, 3.05) is 20.2 Å². The number of ether oxygens (including phenoxy) is 1. The minimum absolute atomic E-state index is 0.171. The van der Waals surface area contributed by atoms with Crippen LogP contribution in [0.1, 0.15) is 59.4 Å². The number of pyridine rings is 2. The van der Waals surface area contributed by atoms with Crippen molar-refractivity contribution in [3.05, 3.63) is 74.2 Å². The number of rotatable bonds is 7.